The lowest BCUT2D eigenvalue weighted by Gasteiger charge is -2.07. The molecule has 5 nitrogen and oxygen atoms in total. The summed E-state index contributed by atoms with van der Waals surface area (Å²) in [6, 6.07) is 20.0. The quantitative estimate of drug-likeness (QED) is 0.537. The molecule has 0 spiro atoms. The molecule has 0 saturated carbocycles. The first-order valence-corrected chi connectivity index (χ1v) is 8.75. The van der Waals surface area contributed by atoms with Gasteiger partial charge in [-0.15, -0.1) is 11.3 Å². The van der Waals surface area contributed by atoms with Crippen LogP contribution in [-0.4, -0.2) is 11.8 Å². The smallest absolute Gasteiger partial charge is 0.291 e. The van der Waals surface area contributed by atoms with E-state index in [-0.39, 0.29) is 17.6 Å². The zero-order chi connectivity index (χ0) is 17.9. The van der Waals surface area contributed by atoms with E-state index >= 15 is 0 Å². The maximum atomic E-state index is 12.5. The number of amides is 2. The van der Waals surface area contributed by atoms with Crippen molar-refractivity contribution in [1.29, 1.82) is 0 Å². The third-order valence-electron chi connectivity index (χ3n) is 3.77. The highest BCUT2D eigenvalue weighted by Crippen LogP contribution is 2.26. The van der Waals surface area contributed by atoms with Gasteiger partial charge in [0.15, 0.2) is 5.76 Å². The number of fused-ring (bicyclic) bond motifs is 1. The molecule has 6 heteroatoms. The number of anilines is 2. The zero-order valence-electron chi connectivity index (χ0n) is 13.6. The summed E-state index contributed by atoms with van der Waals surface area (Å²) in [5, 5.41) is 6.65. The molecule has 2 heterocycles. The first kappa shape index (κ1) is 16.1. The fraction of sp³-hybridized carbons (Fsp3) is 0. The number of hydrogen-bond donors (Lipinski definition) is 2. The van der Waals surface area contributed by atoms with E-state index in [2.05, 4.69) is 10.6 Å². The number of carbonyl (C=O) groups excluding carboxylic acids is 2. The number of thiophene rings is 1. The Labute approximate surface area is 153 Å². The second kappa shape index (κ2) is 6.85. The number of nitrogens with one attached hydrogen (secondary N) is 2. The first-order valence-electron chi connectivity index (χ1n) is 7.94. The van der Waals surface area contributed by atoms with Crippen molar-refractivity contribution in [2.45, 2.75) is 0 Å². The van der Waals surface area contributed by atoms with E-state index in [0.29, 0.717) is 16.3 Å². The Bertz CT molecular complexity index is 1050. The first-order chi connectivity index (χ1) is 12.7. The highest BCUT2D eigenvalue weighted by Gasteiger charge is 2.12. The molecule has 0 aliphatic rings. The minimum Gasteiger partial charge on any atom is -0.459 e. The summed E-state index contributed by atoms with van der Waals surface area (Å²) < 4.78 is 6.14. The molecule has 0 saturated heterocycles. The summed E-state index contributed by atoms with van der Waals surface area (Å²) >= 11 is 1.44. The molecule has 0 radical (unpaired) electrons. The summed E-state index contributed by atoms with van der Waals surface area (Å²) in [7, 11) is 0. The van der Waals surface area contributed by atoms with Crippen molar-refractivity contribution in [2.24, 2.45) is 0 Å². The van der Waals surface area contributed by atoms with Crippen molar-refractivity contribution in [3.8, 4) is 0 Å². The van der Waals surface area contributed by atoms with E-state index in [4.69, 9.17) is 4.42 Å². The van der Waals surface area contributed by atoms with Gasteiger partial charge in [0.05, 0.1) is 11.1 Å². The number of furan rings is 1. The third kappa shape index (κ3) is 3.36. The monoisotopic (exact) mass is 362 g/mol. The molecule has 0 aliphatic carbocycles. The van der Waals surface area contributed by atoms with Gasteiger partial charge in [-0.2, -0.15) is 0 Å². The van der Waals surface area contributed by atoms with Gasteiger partial charge in [0.1, 0.15) is 0 Å². The van der Waals surface area contributed by atoms with E-state index in [1.165, 1.54) is 17.6 Å². The Morgan fingerprint density at radius 3 is 2.31 bits per heavy atom. The van der Waals surface area contributed by atoms with Crippen LogP contribution < -0.4 is 10.6 Å². The summed E-state index contributed by atoms with van der Waals surface area (Å²) in [4.78, 5) is 25.2. The average molecular weight is 362 g/mol. The van der Waals surface area contributed by atoms with Gasteiger partial charge in [-0.25, -0.2) is 0 Å². The summed E-state index contributed by atoms with van der Waals surface area (Å²) in [5.74, 6) is -0.298. The molecule has 0 aliphatic heterocycles. The largest absolute Gasteiger partial charge is 0.459 e. The van der Waals surface area contributed by atoms with Gasteiger partial charge in [0, 0.05) is 16.1 Å². The molecule has 2 aromatic heterocycles. The predicted molar refractivity (Wildman–Crippen MR) is 103 cm³/mol. The van der Waals surface area contributed by atoms with Crippen LogP contribution in [0.25, 0.3) is 10.1 Å². The molecule has 4 aromatic rings. The molecule has 0 fully saturated rings. The molecule has 2 aromatic carbocycles. The molecule has 0 bridgehead atoms. The minimum absolute atomic E-state index is 0.180. The minimum atomic E-state index is -0.344. The highest BCUT2D eigenvalue weighted by atomic mass is 32.1. The van der Waals surface area contributed by atoms with E-state index < -0.39 is 0 Å². The van der Waals surface area contributed by atoms with Crippen LogP contribution in [-0.2, 0) is 0 Å². The summed E-state index contributed by atoms with van der Waals surface area (Å²) in [6.07, 6.45) is 1.44. The third-order valence-corrected chi connectivity index (χ3v) is 4.89. The average Bonchev–Trinajstić information content (AvgIpc) is 3.31. The van der Waals surface area contributed by atoms with Crippen LogP contribution >= 0.6 is 11.3 Å². The van der Waals surface area contributed by atoms with Crippen molar-refractivity contribution in [2.75, 3.05) is 10.6 Å². The van der Waals surface area contributed by atoms with Crippen LogP contribution in [0.3, 0.4) is 0 Å². The number of hydrogen-bond acceptors (Lipinski definition) is 4. The van der Waals surface area contributed by atoms with Gasteiger partial charge in [0.25, 0.3) is 11.8 Å². The van der Waals surface area contributed by atoms with Gasteiger partial charge in [-0.05, 0) is 47.9 Å². The van der Waals surface area contributed by atoms with Crippen molar-refractivity contribution in [3.63, 3.8) is 0 Å². The van der Waals surface area contributed by atoms with Crippen molar-refractivity contribution < 1.29 is 14.0 Å². The topological polar surface area (TPSA) is 71.3 Å². The fourth-order valence-electron chi connectivity index (χ4n) is 2.56. The standard InChI is InChI=1S/C20H14N2O3S/c23-19(16-8-4-10-25-16)21-14-6-3-7-15(12-14)22-20(24)18-11-13-5-1-2-9-17(13)26-18/h1-12H,(H,21,23)(H,22,24). The lowest BCUT2D eigenvalue weighted by Crippen LogP contribution is -2.12. The Balaban J connectivity index is 1.49. The molecule has 26 heavy (non-hydrogen) atoms. The maximum Gasteiger partial charge on any atom is 0.291 e. The molecular weight excluding hydrogens is 348 g/mol. The van der Waals surface area contributed by atoms with Gasteiger partial charge >= 0.3 is 0 Å². The van der Waals surface area contributed by atoms with Crippen molar-refractivity contribution in [1.82, 2.24) is 0 Å². The molecule has 0 atom stereocenters. The summed E-state index contributed by atoms with van der Waals surface area (Å²) in [5.41, 5.74) is 1.17. The van der Waals surface area contributed by atoms with Crippen LogP contribution in [0.5, 0.6) is 0 Å². The number of carbonyl (C=O) groups is 2. The van der Waals surface area contributed by atoms with Crippen molar-refractivity contribution >= 4 is 44.6 Å². The van der Waals surface area contributed by atoms with Crippen LogP contribution in [0, 0.1) is 0 Å². The Morgan fingerprint density at radius 2 is 1.58 bits per heavy atom. The van der Waals surface area contributed by atoms with E-state index in [9.17, 15) is 9.59 Å². The predicted octanol–water partition coefficient (Wildman–Crippen LogP) is 5.00. The number of rotatable bonds is 4. The lowest BCUT2D eigenvalue weighted by atomic mass is 10.2. The Morgan fingerprint density at radius 1 is 0.808 bits per heavy atom. The molecule has 2 N–H and O–H groups in total. The van der Waals surface area contributed by atoms with Crippen LogP contribution in [0.4, 0.5) is 11.4 Å². The van der Waals surface area contributed by atoms with Gasteiger partial charge in [0.2, 0.25) is 0 Å². The van der Waals surface area contributed by atoms with E-state index in [1.807, 2.05) is 30.3 Å². The SMILES string of the molecule is O=C(Nc1cccc(NC(=O)c2cc3ccccc3s2)c1)c1ccco1. The molecule has 4 rings (SSSR count). The molecule has 0 unspecified atom stereocenters. The molecule has 2 amide bonds. The normalized spacial score (nSPS) is 10.6. The second-order valence-electron chi connectivity index (χ2n) is 5.61. The Kier molecular flexibility index (Phi) is 4.25. The highest BCUT2D eigenvalue weighted by molar-refractivity contribution is 7.20. The maximum absolute atomic E-state index is 12.5. The van der Waals surface area contributed by atoms with Gasteiger partial charge in [-0.3, -0.25) is 9.59 Å². The van der Waals surface area contributed by atoms with Crippen molar-refractivity contribution in [3.05, 3.63) is 83.6 Å². The molecule has 128 valence electrons. The van der Waals surface area contributed by atoms with E-state index in [1.54, 1.807) is 36.4 Å². The summed E-state index contributed by atoms with van der Waals surface area (Å²) in [6.45, 7) is 0. The second-order valence-corrected chi connectivity index (χ2v) is 6.70. The van der Waals surface area contributed by atoms with E-state index in [0.717, 1.165) is 10.1 Å². The van der Waals surface area contributed by atoms with Gasteiger partial charge < -0.3 is 15.1 Å². The zero-order valence-corrected chi connectivity index (χ0v) is 14.4. The van der Waals surface area contributed by atoms with Gasteiger partial charge in [-0.1, -0.05) is 24.3 Å². The van der Waals surface area contributed by atoms with Crippen LogP contribution in [0.1, 0.15) is 20.2 Å². The van der Waals surface area contributed by atoms with Crippen LogP contribution in [0.15, 0.2) is 77.4 Å². The number of benzene rings is 2. The lowest BCUT2D eigenvalue weighted by molar-refractivity contribution is 0.0995. The fourth-order valence-corrected chi connectivity index (χ4v) is 3.52. The Hall–Kier alpha value is -3.38. The molecular formula is C20H14N2O3S. The van der Waals surface area contributed by atoms with Crippen LogP contribution in [0.2, 0.25) is 0 Å².